The Hall–Kier alpha value is -0.0800. The minimum Gasteiger partial charge on any atom is -0.314 e. The highest BCUT2D eigenvalue weighted by Gasteiger charge is 2.10. The third-order valence-electron chi connectivity index (χ3n) is 3.26. The summed E-state index contributed by atoms with van der Waals surface area (Å²) < 4.78 is 0. The van der Waals surface area contributed by atoms with Gasteiger partial charge in [-0.15, -0.1) is 0 Å². The van der Waals surface area contributed by atoms with Crippen LogP contribution in [-0.4, -0.2) is 37.1 Å². The van der Waals surface area contributed by atoms with Crippen molar-refractivity contribution in [1.29, 1.82) is 0 Å². The largest absolute Gasteiger partial charge is 0.314 e. The van der Waals surface area contributed by atoms with Gasteiger partial charge in [-0.25, -0.2) is 0 Å². The zero-order valence-corrected chi connectivity index (χ0v) is 13.6. The van der Waals surface area contributed by atoms with Crippen LogP contribution in [0.15, 0.2) is 0 Å². The molecule has 0 fully saturated rings. The number of nitrogens with zero attached hydrogens (tertiary/aromatic N) is 1. The normalized spacial score (nSPS) is 13.8. The lowest BCUT2D eigenvalue weighted by Gasteiger charge is -2.27. The van der Waals surface area contributed by atoms with E-state index in [1.165, 1.54) is 38.9 Å². The fourth-order valence-corrected chi connectivity index (χ4v) is 2.59. The van der Waals surface area contributed by atoms with Crippen LogP contribution in [0.25, 0.3) is 0 Å². The van der Waals surface area contributed by atoms with Crippen molar-refractivity contribution < 1.29 is 0 Å². The summed E-state index contributed by atoms with van der Waals surface area (Å²) >= 11 is 0. The van der Waals surface area contributed by atoms with Crippen molar-refractivity contribution >= 4 is 0 Å². The van der Waals surface area contributed by atoms with E-state index in [4.69, 9.17) is 0 Å². The van der Waals surface area contributed by atoms with Crippen LogP contribution in [0.5, 0.6) is 0 Å². The summed E-state index contributed by atoms with van der Waals surface area (Å²) in [4.78, 5) is 2.65. The highest BCUT2D eigenvalue weighted by atomic mass is 15.1. The number of rotatable bonds is 11. The first-order valence-electron chi connectivity index (χ1n) is 7.95. The van der Waals surface area contributed by atoms with Crippen LogP contribution >= 0.6 is 0 Å². The summed E-state index contributed by atoms with van der Waals surface area (Å²) in [5.74, 6) is 1.55. The molecule has 0 saturated carbocycles. The van der Waals surface area contributed by atoms with Gasteiger partial charge in [-0.2, -0.15) is 0 Å². The summed E-state index contributed by atoms with van der Waals surface area (Å²) in [6.45, 7) is 18.6. The highest BCUT2D eigenvalue weighted by molar-refractivity contribution is 4.67. The average Bonchev–Trinajstić information content (AvgIpc) is 2.26. The zero-order chi connectivity index (χ0) is 14.0. The molecule has 0 radical (unpaired) electrons. The van der Waals surface area contributed by atoms with Crippen LogP contribution in [0.3, 0.4) is 0 Å². The predicted octanol–water partition coefficient (Wildman–Crippen LogP) is 3.77. The maximum Gasteiger partial charge on any atom is 0.00647 e. The molecule has 0 aromatic rings. The van der Waals surface area contributed by atoms with Gasteiger partial charge in [0.2, 0.25) is 0 Å². The Morgan fingerprint density at radius 1 is 0.944 bits per heavy atom. The fraction of sp³-hybridized carbons (Fsp3) is 1.00. The van der Waals surface area contributed by atoms with E-state index in [1.54, 1.807) is 0 Å². The van der Waals surface area contributed by atoms with Gasteiger partial charge in [0.15, 0.2) is 0 Å². The Bertz CT molecular complexity index is 168. The van der Waals surface area contributed by atoms with Gasteiger partial charge in [0.1, 0.15) is 0 Å². The van der Waals surface area contributed by atoms with Gasteiger partial charge < -0.3 is 10.2 Å². The summed E-state index contributed by atoms with van der Waals surface area (Å²) in [5.41, 5.74) is 0. The second kappa shape index (κ2) is 10.8. The highest BCUT2D eigenvalue weighted by Crippen LogP contribution is 2.08. The molecule has 0 amide bonds. The molecule has 0 aromatic carbocycles. The van der Waals surface area contributed by atoms with Gasteiger partial charge in [-0.1, -0.05) is 41.5 Å². The van der Waals surface area contributed by atoms with Gasteiger partial charge in [0.05, 0.1) is 0 Å². The lowest BCUT2D eigenvalue weighted by Crippen LogP contribution is -2.34. The average molecular weight is 256 g/mol. The van der Waals surface area contributed by atoms with E-state index < -0.39 is 0 Å². The molecule has 1 atom stereocenters. The summed E-state index contributed by atoms with van der Waals surface area (Å²) in [6, 6.07) is 0.718. The van der Waals surface area contributed by atoms with E-state index in [9.17, 15) is 0 Å². The molecule has 0 heterocycles. The third kappa shape index (κ3) is 9.90. The smallest absolute Gasteiger partial charge is 0.00647 e. The summed E-state index contributed by atoms with van der Waals surface area (Å²) in [5, 5.41) is 3.57. The van der Waals surface area contributed by atoms with Crippen molar-refractivity contribution in [3.63, 3.8) is 0 Å². The Morgan fingerprint density at radius 2 is 1.50 bits per heavy atom. The van der Waals surface area contributed by atoms with Crippen molar-refractivity contribution in [3.8, 4) is 0 Å². The first-order chi connectivity index (χ1) is 8.49. The standard InChI is InChI=1S/C16H36N2/c1-7-16(17-8-2)10-9-11-18(12-14(3)4)13-15(5)6/h14-17H,7-13H2,1-6H3. The maximum absolute atomic E-state index is 3.57. The minimum absolute atomic E-state index is 0.718. The van der Waals surface area contributed by atoms with E-state index in [0.29, 0.717) is 0 Å². The van der Waals surface area contributed by atoms with Crippen molar-refractivity contribution in [2.75, 3.05) is 26.2 Å². The van der Waals surface area contributed by atoms with Crippen LogP contribution in [0.4, 0.5) is 0 Å². The molecule has 1 N–H and O–H groups in total. The molecule has 0 saturated heterocycles. The van der Waals surface area contributed by atoms with E-state index in [-0.39, 0.29) is 0 Å². The molecule has 18 heavy (non-hydrogen) atoms. The molecule has 0 rings (SSSR count). The summed E-state index contributed by atoms with van der Waals surface area (Å²) in [6.07, 6.45) is 3.89. The quantitative estimate of drug-likeness (QED) is 0.605. The van der Waals surface area contributed by atoms with Crippen molar-refractivity contribution in [2.45, 2.75) is 66.8 Å². The molecule has 1 unspecified atom stereocenters. The summed E-state index contributed by atoms with van der Waals surface area (Å²) in [7, 11) is 0. The van der Waals surface area contributed by atoms with E-state index >= 15 is 0 Å². The van der Waals surface area contributed by atoms with E-state index in [1.807, 2.05) is 0 Å². The number of nitrogens with one attached hydrogen (secondary N) is 1. The molecule has 0 spiro atoms. The lowest BCUT2D eigenvalue weighted by molar-refractivity contribution is 0.212. The van der Waals surface area contributed by atoms with Gasteiger partial charge in [-0.3, -0.25) is 0 Å². The third-order valence-corrected chi connectivity index (χ3v) is 3.26. The second-order valence-electron chi connectivity index (χ2n) is 6.35. The zero-order valence-electron chi connectivity index (χ0n) is 13.6. The molecule has 0 aromatic heterocycles. The van der Waals surface area contributed by atoms with Crippen molar-refractivity contribution in [2.24, 2.45) is 11.8 Å². The Kier molecular flexibility index (Phi) is 10.8. The van der Waals surface area contributed by atoms with E-state index in [2.05, 4.69) is 51.8 Å². The van der Waals surface area contributed by atoms with Crippen LogP contribution in [0, 0.1) is 11.8 Å². The topological polar surface area (TPSA) is 15.3 Å². The predicted molar refractivity (Wildman–Crippen MR) is 83.1 cm³/mol. The van der Waals surface area contributed by atoms with Gasteiger partial charge in [0.25, 0.3) is 0 Å². The molecular weight excluding hydrogens is 220 g/mol. The molecule has 0 aliphatic carbocycles. The Morgan fingerprint density at radius 3 is 1.89 bits per heavy atom. The minimum atomic E-state index is 0.718. The Balaban J connectivity index is 3.93. The monoisotopic (exact) mass is 256 g/mol. The molecule has 2 heteroatoms. The molecule has 0 aliphatic heterocycles. The lowest BCUT2D eigenvalue weighted by atomic mass is 10.1. The van der Waals surface area contributed by atoms with Gasteiger partial charge in [0, 0.05) is 19.1 Å². The first-order valence-corrected chi connectivity index (χ1v) is 7.95. The number of hydrogen-bond acceptors (Lipinski definition) is 2. The fourth-order valence-electron chi connectivity index (χ4n) is 2.59. The van der Waals surface area contributed by atoms with Crippen molar-refractivity contribution in [1.82, 2.24) is 10.2 Å². The van der Waals surface area contributed by atoms with Crippen LogP contribution in [0.2, 0.25) is 0 Å². The molecule has 2 nitrogen and oxygen atoms in total. The molecular formula is C16H36N2. The second-order valence-corrected chi connectivity index (χ2v) is 6.35. The Labute approximate surface area is 116 Å². The molecule has 110 valence electrons. The van der Waals surface area contributed by atoms with Crippen LogP contribution < -0.4 is 5.32 Å². The van der Waals surface area contributed by atoms with Crippen LogP contribution in [-0.2, 0) is 0 Å². The maximum atomic E-state index is 3.57. The first kappa shape index (κ1) is 17.9. The van der Waals surface area contributed by atoms with Crippen LogP contribution in [0.1, 0.15) is 60.8 Å². The van der Waals surface area contributed by atoms with E-state index in [0.717, 1.165) is 24.4 Å². The van der Waals surface area contributed by atoms with Gasteiger partial charge >= 0.3 is 0 Å². The molecule has 0 aliphatic rings. The number of hydrogen-bond donors (Lipinski definition) is 1. The molecule has 0 bridgehead atoms. The SMILES string of the molecule is CCNC(CC)CCCN(CC(C)C)CC(C)C. The van der Waals surface area contributed by atoms with Crippen molar-refractivity contribution in [3.05, 3.63) is 0 Å². The van der Waals surface area contributed by atoms with Gasteiger partial charge in [-0.05, 0) is 44.2 Å².